The van der Waals surface area contributed by atoms with Crippen molar-refractivity contribution in [1.29, 1.82) is 0 Å². The molecule has 0 radical (unpaired) electrons. The van der Waals surface area contributed by atoms with Crippen LogP contribution in [0.4, 0.5) is 0 Å². The molecule has 0 aliphatic carbocycles. The summed E-state index contributed by atoms with van der Waals surface area (Å²) in [7, 11) is 1.68. The molecule has 1 aromatic heterocycles. The van der Waals surface area contributed by atoms with Gasteiger partial charge in [-0.05, 0) is 11.5 Å². The monoisotopic (exact) mass is 208 g/mol. The maximum Gasteiger partial charge on any atom is 2.00 e. The summed E-state index contributed by atoms with van der Waals surface area (Å²) in [6, 6.07) is 1.40. The first-order chi connectivity index (χ1) is 3.70. The van der Waals surface area contributed by atoms with E-state index in [1.165, 1.54) is 21.6 Å². The van der Waals surface area contributed by atoms with Gasteiger partial charge in [-0.1, -0.05) is 11.6 Å². The van der Waals surface area contributed by atoms with E-state index in [4.69, 9.17) is 11.6 Å². The van der Waals surface area contributed by atoms with Gasteiger partial charge in [0.2, 0.25) is 0 Å². The average Bonchev–Trinajstić information content (AvgIpc) is 1.85. The van der Waals surface area contributed by atoms with Crippen molar-refractivity contribution >= 4 is 46.2 Å². The first-order valence-electron chi connectivity index (χ1n) is 2.03. The third kappa shape index (κ3) is 3.25. The molecule has 10 heavy (non-hydrogen) atoms. The molecule has 0 N–H and O–H groups in total. The van der Waals surface area contributed by atoms with Crippen LogP contribution in [0.2, 0.25) is 4.34 Å². The molecule has 2 nitrogen and oxygen atoms in total. The molecule has 0 spiro atoms. The van der Waals surface area contributed by atoms with Crippen molar-refractivity contribution < 1.29 is 12.4 Å². The van der Waals surface area contributed by atoms with E-state index < -0.39 is 0 Å². The van der Waals surface area contributed by atoms with Crippen molar-refractivity contribution in [2.45, 2.75) is 0 Å². The molecular formula is C4H4Cl2MgNOS+. The fourth-order valence-corrected chi connectivity index (χ4v) is 1.35. The molecule has 0 aliphatic heterocycles. The minimum atomic E-state index is -0.0417. The molecule has 0 unspecified atom stereocenters. The van der Waals surface area contributed by atoms with Crippen molar-refractivity contribution in [3.05, 3.63) is 20.8 Å². The zero-order valence-electron chi connectivity index (χ0n) is 5.30. The van der Waals surface area contributed by atoms with Crippen LogP contribution in [0.25, 0.3) is 0 Å². The summed E-state index contributed by atoms with van der Waals surface area (Å²) in [5, 5.41) is 0. The Kier molecular flexibility index (Phi) is 7.26. The van der Waals surface area contributed by atoms with Gasteiger partial charge in [-0.15, -0.1) is 0 Å². The molecule has 0 saturated carbocycles. The summed E-state index contributed by atoms with van der Waals surface area (Å²) in [5.41, 5.74) is -0.0417. The second-order valence-electron chi connectivity index (χ2n) is 1.38. The third-order valence-electron chi connectivity index (χ3n) is 0.771. The van der Waals surface area contributed by atoms with Gasteiger partial charge in [0.1, 0.15) is 4.34 Å². The maximum atomic E-state index is 10.5. The SMILES string of the molecule is Cn1sc(Cl)cc1=O.[Cl-].[Mg+2]. The Morgan fingerprint density at radius 3 is 2.30 bits per heavy atom. The van der Waals surface area contributed by atoms with Crippen molar-refractivity contribution in [3.8, 4) is 0 Å². The molecule has 6 heteroatoms. The van der Waals surface area contributed by atoms with Crippen LogP contribution in [0.3, 0.4) is 0 Å². The second kappa shape index (κ2) is 5.43. The standard InChI is InChI=1S/C4H4ClNOS.ClH.Mg/c1-6-4(7)2-3(5)8-6;;/h2H,1H3;1H;/q;;+2/p-1. The molecule has 0 aromatic carbocycles. The minimum Gasteiger partial charge on any atom is -1.00 e. The third-order valence-corrected chi connectivity index (χ3v) is 1.83. The summed E-state index contributed by atoms with van der Waals surface area (Å²) < 4.78 is 2.01. The topological polar surface area (TPSA) is 22.0 Å². The largest absolute Gasteiger partial charge is 2.00 e. The number of aryl methyl sites for hydroxylation is 1. The summed E-state index contributed by atoms with van der Waals surface area (Å²) in [6.45, 7) is 0. The Balaban J connectivity index is 0. The quantitative estimate of drug-likeness (QED) is 0.442. The van der Waals surface area contributed by atoms with E-state index in [-0.39, 0.29) is 41.0 Å². The molecule has 52 valence electrons. The van der Waals surface area contributed by atoms with Crippen LogP contribution < -0.4 is 18.0 Å². The Morgan fingerprint density at radius 2 is 2.20 bits per heavy atom. The number of nitrogens with zero attached hydrogens (tertiary/aromatic N) is 1. The zero-order valence-corrected chi connectivity index (χ0v) is 9.05. The molecule has 0 bridgehead atoms. The Morgan fingerprint density at radius 1 is 1.70 bits per heavy atom. The van der Waals surface area contributed by atoms with Crippen LogP contribution >= 0.6 is 23.1 Å². The average molecular weight is 209 g/mol. The van der Waals surface area contributed by atoms with E-state index in [9.17, 15) is 4.79 Å². The number of hydrogen-bond donors (Lipinski definition) is 0. The first-order valence-corrected chi connectivity index (χ1v) is 3.18. The first kappa shape index (κ1) is 13.4. The molecule has 1 heterocycles. The van der Waals surface area contributed by atoms with Crippen LogP contribution in [-0.4, -0.2) is 27.0 Å². The zero-order chi connectivity index (χ0) is 6.15. The van der Waals surface area contributed by atoms with Gasteiger partial charge in [-0.2, -0.15) is 0 Å². The molecule has 1 rings (SSSR count). The van der Waals surface area contributed by atoms with E-state index in [2.05, 4.69) is 0 Å². The smallest absolute Gasteiger partial charge is 1.00 e. The predicted octanol–water partition coefficient (Wildman–Crippen LogP) is -2.28. The molecule has 1 aromatic rings. The molecule has 0 saturated heterocycles. The normalized spacial score (nSPS) is 7.80. The fraction of sp³-hybridized carbons (Fsp3) is 0.250. The van der Waals surface area contributed by atoms with Crippen molar-refractivity contribution in [2.75, 3.05) is 0 Å². The predicted molar refractivity (Wildman–Crippen MR) is 40.3 cm³/mol. The van der Waals surface area contributed by atoms with Crippen LogP contribution in [-0.2, 0) is 7.05 Å². The van der Waals surface area contributed by atoms with Crippen molar-refractivity contribution in [3.63, 3.8) is 0 Å². The Hall–Kier alpha value is 0.776. The van der Waals surface area contributed by atoms with Gasteiger partial charge >= 0.3 is 23.1 Å². The van der Waals surface area contributed by atoms with Gasteiger partial charge in [0.25, 0.3) is 5.56 Å². The number of rotatable bonds is 0. The Labute approximate surface area is 89.9 Å². The van der Waals surface area contributed by atoms with Gasteiger partial charge in [0.05, 0.1) is 0 Å². The van der Waals surface area contributed by atoms with Crippen molar-refractivity contribution in [2.24, 2.45) is 7.05 Å². The Bertz CT molecular complexity index is 246. The van der Waals surface area contributed by atoms with Gasteiger partial charge in [0.15, 0.2) is 0 Å². The summed E-state index contributed by atoms with van der Waals surface area (Å²) in [6.07, 6.45) is 0. The number of aromatic nitrogens is 1. The fourth-order valence-electron chi connectivity index (χ4n) is 0.390. The van der Waals surface area contributed by atoms with Gasteiger partial charge in [0, 0.05) is 13.1 Å². The van der Waals surface area contributed by atoms with Crippen molar-refractivity contribution in [1.82, 2.24) is 3.96 Å². The van der Waals surface area contributed by atoms with Crippen LogP contribution in [0.1, 0.15) is 0 Å². The van der Waals surface area contributed by atoms with Crippen LogP contribution in [0.15, 0.2) is 10.9 Å². The summed E-state index contributed by atoms with van der Waals surface area (Å²) >= 11 is 6.70. The van der Waals surface area contributed by atoms with Gasteiger partial charge < -0.3 is 12.4 Å². The van der Waals surface area contributed by atoms with E-state index >= 15 is 0 Å². The molecule has 0 aliphatic rings. The second-order valence-corrected chi connectivity index (χ2v) is 3.18. The molecular weight excluding hydrogens is 205 g/mol. The molecule has 0 amide bonds. The maximum absolute atomic E-state index is 10.5. The number of halogens is 2. The van der Waals surface area contributed by atoms with E-state index in [1.807, 2.05) is 0 Å². The van der Waals surface area contributed by atoms with Crippen LogP contribution in [0, 0.1) is 0 Å². The summed E-state index contributed by atoms with van der Waals surface area (Å²) in [5.74, 6) is 0. The summed E-state index contributed by atoms with van der Waals surface area (Å²) in [4.78, 5) is 10.5. The van der Waals surface area contributed by atoms with Gasteiger partial charge in [-0.3, -0.25) is 8.75 Å². The van der Waals surface area contributed by atoms with Crippen LogP contribution in [0.5, 0.6) is 0 Å². The van der Waals surface area contributed by atoms with E-state index in [0.29, 0.717) is 4.34 Å². The number of hydrogen-bond acceptors (Lipinski definition) is 2. The van der Waals surface area contributed by atoms with E-state index in [1.54, 1.807) is 7.05 Å². The van der Waals surface area contributed by atoms with E-state index in [0.717, 1.165) is 0 Å². The molecule has 0 fully saturated rings. The van der Waals surface area contributed by atoms with Gasteiger partial charge in [-0.25, -0.2) is 0 Å². The molecule has 0 atom stereocenters. The minimum absolute atomic E-state index is 0.